The number of benzene rings is 9. The average Bonchev–Trinajstić information content (AvgIpc) is 3.93. The van der Waals surface area contributed by atoms with Gasteiger partial charge in [0.05, 0.1) is 22.1 Å². The molecule has 0 saturated heterocycles. The van der Waals surface area contributed by atoms with Crippen molar-refractivity contribution >= 4 is 75.1 Å². The van der Waals surface area contributed by atoms with E-state index in [4.69, 9.17) is 0 Å². The normalized spacial score (nSPS) is 11.9. The highest BCUT2D eigenvalue weighted by Crippen LogP contribution is 2.43. The predicted molar refractivity (Wildman–Crippen MR) is 244 cm³/mol. The second-order valence-corrected chi connectivity index (χ2v) is 16.0. The van der Waals surface area contributed by atoms with E-state index in [1.54, 1.807) is 0 Å². The lowest BCUT2D eigenvalue weighted by Crippen LogP contribution is -1.93. The summed E-state index contributed by atoms with van der Waals surface area (Å²) in [4.78, 5) is 0. The van der Waals surface area contributed by atoms with Crippen LogP contribution < -0.4 is 0 Å². The van der Waals surface area contributed by atoms with Crippen molar-refractivity contribution in [3.63, 3.8) is 0 Å². The third-order valence-electron chi connectivity index (χ3n) is 11.7. The lowest BCUT2D eigenvalue weighted by Gasteiger charge is -2.09. The summed E-state index contributed by atoms with van der Waals surface area (Å²) in [7, 11) is 0. The Morgan fingerprint density at radius 1 is 0.281 bits per heavy atom. The molecular formula is C54H34N2S. The van der Waals surface area contributed by atoms with Gasteiger partial charge in [0.25, 0.3) is 0 Å². The third-order valence-corrected chi connectivity index (χ3v) is 12.8. The molecule has 3 heteroatoms. The average molecular weight is 743 g/mol. The molecular weight excluding hydrogens is 709 g/mol. The first-order valence-corrected chi connectivity index (χ1v) is 20.3. The topological polar surface area (TPSA) is 9.86 Å². The van der Waals surface area contributed by atoms with Crippen molar-refractivity contribution in [3.8, 4) is 44.8 Å². The van der Waals surface area contributed by atoms with Gasteiger partial charge in [-0.3, -0.25) is 0 Å². The van der Waals surface area contributed by atoms with E-state index in [1.165, 1.54) is 103 Å². The summed E-state index contributed by atoms with van der Waals surface area (Å²) >= 11 is 1.89. The minimum Gasteiger partial charge on any atom is -0.309 e. The van der Waals surface area contributed by atoms with Crippen LogP contribution in [0.15, 0.2) is 206 Å². The lowest BCUT2D eigenvalue weighted by atomic mass is 9.98. The molecule has 0 spiro atoms. The summed E-state index contributed by atoms with van der Waals surface area (Å²) < 4.78 is 7.42. The standard InChI is InChI=1S/C54H34N2S/c1-4-13-35(14-5-1)36-26-30-49-47(31-36)43-27-23-37(32-51(43)56(49)41-17-8-3-9-18-41)38-24-28-44-45-29-25-39(34-53(45)57-52(44)33-38)42-20-12-22-50-54(42)46-19-10-11-21-48(46)55(50)40-15-6-2-7-16-40/h1-34H. The summed E-state index contributed by atoms with van der Waals surface area (Å²) in [6, 6.07) is 75.6. The Balaban J connectivity index is 0.987. The van der Waals surface area contributed by atoms with Gasteiger partial charge >= 0.3 is 0 Å². The quantitative estimate of drug-likeness (QED) is 0.166. The van der Waals surface area contributed by atoms with Gasteiger partial charge in [0.15, 0.2) is 0 Å². The molecule has 0 bridgehead atoms. The van der Waals surface area contributed by atoms with Gasteiger partial charge in [0, 0.05) is 53.1 Å². The molecule has 0 radical (unpaired) electrons. The molecule has 0 aliphatic rings. The van der Waals surface area contributed by atoms with Crippen LogP contribution >= 0.6 is 11.3 Å². The van der Waals surface area contributed by atoms with Crippen LogP contribution in [0.4, 0.5) is 0 Å². The van der Waals surface area contributed by atoms with Crippen molar-refractivity contribution in [2.45, 2.75) is 0 Å². The molecule has 0 fully saturated rings. The molecule has 2 nitrogen and oxygen atoms in total. The summed E-state index contributed by atoms with van der Waals surface area (Å²) in [6.07, 6.45) is 0. The smallest absolute Gasteiger partial charge is 0.0547 e. The van der Waals surface area contributed by atoms with Gasteiger partial charge in [-0.15, -0.1) is 11.3 Å². The van der Waals surface area contributed by atoms with Crippen LogP contribution in [0.3, 0.4) is 0 Å². The summed E-state index contributed by atoms with van der Waals surface area (Å²) in [5.41, 5.74) is 14.6. The van der Waals surface area contributed by atoms with Crippen LogP contribution in [0.1, 0.15) is 0 Å². The highest BCUT2D eigenvalue weighted by Gasteiger charge is 2.18. The number of thiophene rings is 1. The maximum absolute atomic E-state index is 2.42. The van der Waals surface area contributed by atoms with Crippen LogP contribution in [-0.4, -0.2) is 9.13 Å². The van der Waals surface area contributed by atoms with Crippen LogP contribution in [-0.2, 0) is 0 Å². The highest BCUT2D eigenvalue weighted by atomic mass is 32.1. The molecule has 9 aromatic carbocycles. The van der Waals surface area contributed by atoms with Gasteiger partial charge in [-0.25, -0.2) is 0 Å². The Hall–Kier alpha value is -7.20. The van der Waals surface area contributed by atoms with Gasteiger partial charge in [-0.05, 0) is 100 Å². The lowest BCUT2D eigenvalue weighted by molar-refractivity contribution is 1.18. The van der Waals surface area contributed by atoms with E-state index in [-0.39, 0.29) is 0 Å². The highest BCUT2D eigenvalue weighted by molar-refractivity contribution is 7.25. The largest absolute Gasteiger partial charge is 0.309 e. The Labute approximate surface area is 333 Å². The van der Waals surface area contributed by atoms with Gasteiger partial charge in [-0.1, -0.05) is 140 Å². The van der Waals surface area contributed by atoms with Crippen LogP contribution in [0, 0.1) is 0 Å². The summed E-state index contributed by atoms with van der Waals surface area (Å²) in [5.74, 6) is 0. The molecule has 0 saturated carbocycles. The van der Waals surface area contributed by atoms with E-state index in [9.17, 15) is 0 Å². The number of rotatable bonds is 5. The van der Waals surface area contributed by atoms with Gasteiger partial charge in [-0.2, -0.15) is 0 Å². The zero-order valence-corrected chi connectivity index (χ0v) is 31.7. The molecule has 266 valence electrons. The number of fused-ring (bicyclic) bond motifs is 9. The maximum atomic E-state index is 2.42. The Kier molecular flexibility index (Phi) is 7.13. The molecule has 3 heterocycles. The Morgan fingerprint density at radius 2 is 0.807 bits per heavy atom. The van der Waals surface area contributed by atoms with Gasteiger partial charge in [0.1, 0.15) is 0 Å². The molecule has 57 heavy (non-hydrogen) atoms. The molecule has 3 aromatic heterocycles. The van der Waals surface area contributed by atoms with Gasteiger partial charge in [0.2, 0.25) is 0 Å². The summed E-state index contributed by atoms with van der Waals surface area (Å²) in [5, 5.41) is 7.69. The minimum atomic E-state index is 1.16. The molecule has 0 N–H and O–H groups in total. The van der Waals surface area contributed by atoms with E-state index in [2.05, 4.69) is 215 Å². The maximum Gasteiger partial charge on any atom is 0.0547 e. The molecule has 0 atom stereocenters. The minimum absolute atomic E-state index is 1.16. The Morgan fingerprint density at radius 3 is 1.54 bits per heavy atom. The van der Waals surface area contributed by atoms with Crippen molar-refractivity contribution in [2.24, 2.45) is 0 Å². The SMILES string of the molecule is c1ccc(-c2ccc3c(c2)c2ccc(-c4ccc5c(c4)sc4cc(-c6cccc7c6c6ccccc6n7-c6ccccc6)ccc45)cc2n3-c2ccccc2)cc1. The number of hydrogen-bond acceptors (Lipinski definition) is 1. The number of aromatic nitrogens is 2. The number of hydrogen-bond donors (Lipinski definition) is 0. The molecule has 0 aliphatic heterocycles. The fraction of sp³-hybridized carbons (Fsp3) is 0. The summed E-state index contributed by atoms with van der Waals surface area (Å²) in [6.45, 7) is 0. The van der Waals surface area contributed by atoms with Gasteiger partial charge < -0.3 is 9.13 Å². The van der Waals surface area contributed by atoms with Crippen molar-refractivity contribution in [3.05, 3.63) is 206 Å². The third kappa shape index (κ3) is 5.03. The van der Waals surface area contributed by atoms with Crippen molar-refractivity contribution in [1.29, 1.82) is 0 Å². The molecule has 0 aliphatic carbocycles. The number of nitrogens with zero attached hydrogens (tertiary/aromatic N) is 2. The van der Waals surface area contributed by atoms with E-state index < -0.39 is 0 Å². The fourth-order valence-electron chi connectivity index (χ4n) is 9.11. The van der Waals surface area contributed by atoms with Crippen molar-refractivity contribution in [2.75, 3.05) is 0 Å². The predicted octanol–water partition coefficient (Wildman–Crippen LogP) is 15.2. The zero-order valence-electron chi connectivity index (χ0n) is 30.9. The first-order valence-electron chi connectivity index (χ1n) is 19.5. The second kappa shape index (κ2) is 12.7. The van der Waals surface area contributed by atoms with Crippen LogP contribution in [0.5, 0.6) is 0 Å². The number of para-hydroxylation sites is 3. The van der Waals surface area contributed by atoms with Crippen molar-refractivity contribution in [1.82, 2.24) is 9.13 Å². The molecule has 12 aromatic rings. The van der Waals surface area contributed by atoms with E-state index >= 15 is 0 Å². The second-order valence-electron chi connectivity index (χ2n) is 14.9. The molecule has 0 amide bonds. The zero-order chi connectivity index (χ0) is 37.5. The fourth-order valence-corrected chi connectivity index (χ4v) is 10.3. The monoisotopic (exact) mass is 742 g/mol. The van der Waals surface area contributed by atoms with E-state index in [0.717, 1.165) is 5.69 Å². The van der Waals surface area contributed by atoms with E-state index in [1.807, 2.05) is 11.3 Å². The molecule has 0 unspecified atom stereocenters. The molecule has 12 rings (SSSR count). The van der Waals surface area contributed by atoms with Crippen LogP contribution in [0.2, 0.25) is 0 Å². The first kappa shape index (κ1) is 32.1. The van der Waals surface area contributed by atoms with Crippen molar-refractivity contribution < 1.29 is 0 Å². The Bertz CT molecular complexity index is 3500. The van der Waals surface area contributed by atoms with E-state index in [0.29, 0.717) is 0 Å². The first-order chi connectivity index (χ1) is 28.3. The van der Waals surface area contributed by atoms with Crippen LogP contribution in [0.25, 0.3) is 109 Å².